The first-order chi connectivity index (χ1) is 9.93. The molecular weight excluding hydrogens is 285 g/mol. The van der Waals surface area contributed by atoms with Crippen molar-refractivity contribution in [3.05, 3.63) is 17.2 Å². The summed E-state index contributed by atoms with van der Waals surface area (Å²) in [7, 11) is 0. The molecule has 0 spiro atoms. The number of fused-ring (bicyclic) bond motifs is 1. The van der Waals surface area contributed by atoms with Gasteiger partial charge in [-0.3, -0.25) is 4.79 Å². The molecule has 0 fully saturated rings. The highest BCUT2D eigenvalue weighted by molar-refractivity contribution is 5.75. The van der Waals surface area contributed by atoms with E-state index in [4.69, 9.17) is 0 Å². The van der Waals surface area contributed by atoms with Gasteiger partial charge >= 0.3 is 6.18 Å². The quantitative estimate of drug-likeness (QED) is 0.866. The number of imidazole rings is 1. The Labute approximate surface area is 120 Å². The second kappa shape index (κ2) is 6.46. The Bertz CT molecular complexity index is 510. The van der Waals surface area contributed by atoms with Gasteiger partial charge in [0.1, 0.15) is 0 Å². The number of carbonyl (C=O) groups excluding carboxylic acids is 1. The van der Waals surface area contributed by atoms with Gasteiger partial charge in [-0.1, -0.05) is 6.92 Å². The molecule has 21 heavy (non-hydrogen) atoms. The Balaban J connectivity index is 2.16. The molecule has 1 amide bonds. The fourth-order valence-electron chi connectivity index (χ4n) is 2.39. The van der Waals surface area contributed by atoms with E-state index in [-0.39, 0.29) is 18.9 Å². The lowest BCUT2D eigenvalue weighted by Crippen LogP contribution is -2.28. The molecule has 0 unspecified atom stereocenters. The van der Waals surface area contributed by atoms with Crippen molar-refractivity contribution in [3.8, 4) is 0 Å². The largest absolute Gasteiger partial charge is 0.449 e. The number of amides is 1. The van der Waals surface area contributed by atoms with Crippen molar-refractivity contribution in [3.63, 3.8) is 0 Å². The molecular formula is C13H19F3N4O. The van der Waals surface area contributed by atoms with Crippen molar-refractivity contribution in [2.75, 3.05) is 13.1 Å². The summed E-state index contributed by atoms with van der Waals surface area (Å²) in [4.78, 5) is 15.3. The molecule has 2 rings (SSSR count). The second-order valence-corrected chi connectivity index (χ2v) is 5.00. The first-order valence-electron chi connectivity index (χ1n) is 7.06. The number of nitrogens with zero attached hydrogens (tertiary/aromatic N) is 2. The lowest BCUT2D eigenvalue weighted by molar-refractivity contribution is -0.147. The summed E-state index contributed by atoms with van der Waals surface area (Å²) in [6.07, 6.45) is -3.18. The smallest absolute Gasteiger partial charge is 0.356 e. The molecule has 0 aliphatic carbocycles. The second-order valence-electron chi connectivity index (χ2n) is 5.00. The van der Waals surface area contributed by atoms with E-state index in [0.29, 0.717) is 37.4 Å². The number of nitrogens with one attached hydrogen (secondary N) is 2. The van der Waals surface area contributed by atoms with Crippen molar-refractivity contribution in [2.45, 2.75) is 45.5 Å². The minimum atomic E-state index is -4.50. The minimum absolute atomic E-state index is 0.00667. The number of hydrogen-bond acceptors (Lipinski definition) is 3. The third-order valence-corrected chi connectivity index (χ3v) is 3.37. The molecule has 0 saturated carbocycles. The predicted octanol–water partition coefficient (Wildman–Crippen LogP) is 1.46. The predicted molar refractivity (Wildman–Crippen MR) is 70.6 cm³/mol. The summed E-state index contributed by atoms with van der Waals surface area (Å²) in [6, 6.07) is 0. The van der Waals surface area contributed by atoms with E-state index in [1.807, 2.05) is 6.92 Å². The number of carbonyl (C=O) groups is 1. The van der Waals surface area contributed by atoms with Gasteiger partial charge in [0.2, 0.25) is 11.7 Å². The van der Waals surface area contributed by atoms with Crippen LogP contribution in [-0.4, -0.2) is 28.5 Å². The van der Waals surface area contributed by atoms with Crippen LogP contribution in [0.2, 0.25) is 0 Å². The summed E-state index contributed by atoms with van der Waals surface area (Å²) in [6.45, 7) is 3.43. The molecule has 0 saturated heterocycles. The van der Waals surface area contributed by atoms with Crippen LogP contribution < -0.4 is 10.6 Å². The molecule has 8 heteroatoms. The van der Waals surface area contributed by atoms with Gasteiger partial charge in [-0.15, -0.1) is 0 Å². The van der Waals surface area contributed by atoms with Crippen LogP contribution in [0, 0.1) is 0 Å². The van der Waals surface area contributed by atoms with Crippen molar-refractivity contribution in [1.29, 1.82) is 0 Å². The summed E-state index contributed by atoms with van der Waals surface area (Å²) >= 11 is 0. The average molecular weight is 304 g/mol. The van der Waals surface area contributed by atoms with E-state index in [1.165, 1.54) is 0 Å². The molecule has 2 heterocycles. The van der Waals surface area contributed by atoms with Gasteiger partial charge < -0.3 is 15.2 Å². The van der Waals surface area contributed by atoms with Gasteiger partial charge in [-0.2, -0.15) is 13.2 Å². The monoisotopic (exact) mass is 304 g/mol. The summed E-state index contributed by atoms with van der Waals surface area (Å²) < 4.78 is 40.3. The van der Waals surface area contributed by atoms with Crippen molar-refractivity contribution < 1.29 is 18.0 Å². The van der Waals surface area contributed by atoms with Crippen LogP contribution >= 0.6 is 0 Å². The normalized spacial score (nSPS) is 14.9. The Morgan fingerprint density at radius 1 is 1.48 bits per heavy atom. The van der Waals surface area contributed by atoms with Crippen LogP contribution in [0.5, 0.6) is 0 Å². The minimum Gasteiger partial charge on any atom is -0.356 e. The molecule has 118 valence electrons. The van der Waals surface area contributed by atoms with Crippen LogP contribution in [0.15, 0.2) is 0 Å². The molecule has 1 aromatic rings. The van der Waals surface area contributed by atoms with E-state index >= 15 is 0 Å². The highest BCUT2D eigenvalue weighted by atomic mass is 19.4. The third kappa shape index (κ3) is 3.75. The maximum absolute atomic E-state index is 13.1. The van der Waals surface area contributed by atoms with Crippen LogP contribution in [0.3, 0.4) is 0 Å². The van der Waals surface area contributed by atoms with Gasteiger partial charge in [0.25, 0.3) is 0 Å². The Morgan fingerprint density at radius 2 is 2.24 bits per heavy atom. The van der Waals surface area contributed by atoms with E-state index in [2.05, 4.69) is 15.6 Å². The number of hydrogen-bond donors (Lipinski definition) is 2. The van der Waals surface area contributed by atoms with Gasteiger partial charge in [0.05, 0.1) is 5.69 Å². The molecule has 0 radical (unpaired) electrons. The Kier molecular flexibility index (Phi) is 4.87. The van der Waals surface area contributed by atoms with Gasteiger partial charge in [0.15, 0.2) is 0 Å². The molecule has 2 N–H and O–H groups in total. The number of alkyl halides is 3. The van der Waals surface area contributed by atoms with E-state index < -0.39 is 12.0 Å². The van der Waals surface area contributed by atoms with Crippen LogP contribution in [0.1, 0.15) is 37.0 Å². The van der Waals surface area contributed by atoms with E-state index in [0.717, 1.165) is 11.0 Å². The number of aromatic nitrogens is 2. The molecule has 0 bridgehead atoms. The molecule has 0 atom stereocenters. The Morgan fingerprint density at radius 3 is 2.90 bits per heavy atom. The van der Waals surface area contributed by atoms with Crippen molar-refractivity contribution in [1.82, 2.24) is 20.2 Å². The number of rotatable bonds is 5. The average Bonchev–Trinajstić information content (AvgIpc) is 2.81. The maximum atomic E-state index is 13.1. The first-order valence-corrected chi connectivity index (χ1v) is 7.06. The molecule has 5 nitrogen and oxygen atoms in total. The topological polar surface area (TPSA) is 59.0 Å². The zero-order valence-corrected chi connectivity index (χ0v) is 11.9. The lowest BCUT2D eigenvalue weighted by atomic mass is 10.2. The summed E-state index contributed by atoms with van der Waals surface area (Å²) in [5.41, 5.74) is 1.02. The van der Waals surface area contributed by atoms with Gasteiger partial charge in [0, 0.05) is 44.7 Å². The van der Waals surface area contributed by atoms with Crippen LogP contribution in [0.25, 0.3) is 0 Å². The third-order valence-electron chi connectivity index (χ3n) is 3.37. The van der Waals surface area contributed by atoms with Crippen LogP contribution in [-0.2, 0) is 30.5 Å². The Hall–Kier alpha value is -1.57. The summed E-state index contributed by atoms with van der Waals surface area (Å²) in [5.74, 6) is -1.14. The number of halogens is 3. The van der Waals surface area contributed by atoms with E-state index in [1.54, 1.807) is 0 Å². The first kappa shape index (κ1) is 15.8. The molecule has 1 aromatic heterocycles. The fraction of sp³-hybridized carbons (Fsp3) is 0.692. The summed E-state index contributed by atoms with van der Waals surface area (Å²) in [5, 5.41) is 5.67. The van der Waals surface area contributed by atoms with Crippen molar-refractivity contribution in [2.24, 2.45) is 0 Å². The fourth-order valence-corrected chi connectivity index (χ4v) is 2.39. The lowest BCUT2D eigenvalue weighted by Gasteiger charge is -2.16. The highest BCUT2D eigenvalue weighted by Gasteiger charge is 2.39. The zero-order valence-electron chi connectivity index (χ0n) is 11.9. The molecule has 1 aliphatic heterocycles. The zero-order chi connectivity index (χ0) is 15.5. The maximum Gasteiger partial charge on any atom is 0.449 e. The highest BCUT2D eigenvalue weighted by Crippen LogP contribution is 2.31. The van der Waals surface area contributed by atoms with Crippen molar-refractivity contribution >= 4 is 5.91 Å². The standard InChI is InChI=1S/C13H19F3N4O/c1-2-5-18-11(21)4-7-20-10-3-6-17-8-9(10)19-12(20)13(14,15)16/h17H,2-8H2,1H3,(H,18,21). The van der Waals surface area contributed by atoms with Gasteiger partial charge in [-0.05, 0) is 6.42 Å². The molecule has 1 aliphatic rings. The SMILES string of the molecule is CCCNC(=O)CCn1c(C(F)(F)F)nc2c1CCNC2. The molecule has 0 aromatic carbocycles. The van der Waals surface area contributed by atoms with Gasteiger partial charge in [-0.25, -0.2) is 4.98 Å². The van der Waals surface area contributed by atoms with Crippen LogP contribution in [0.4, 0.5) is 13.2 Å². The van der Waals surface area contributed by atoms with E-state index in [9.17, 15) is 18.0 Å².